The van der Waals surface area contributed by atoms with Crippen LogP contribution in [0.4, 0.5) is 0 Å². The van der Waals surface area contributed by atoms with Crippen LogP contribution >= 0.6 is 11.8 Å². The van der Waals surface area contributed by atoms with Gasteiger partial charge in [-0.05, 0) is 24.5 Å². The minimum atomic E-state index is -0.435. The van der Waals surface area contributed by atoms with E-state index in [0.717, 1.165) is 0 Å². The van der Waals surface area contributed by atoms with E-state index in [0.29, 0.717) is 21.7 Å². The van der Waals surface area contributed by atoms with Crippen molar-refractivity contribution in [2.24, 2.45) is 0 Å². The van der Waals surface area contributed by atoms with Gasteiger partial charge in [0.15, 0.2) is 0 Å². The van der Waals surface area contributed by atoms with E-state index in [-0.39, 0.29) is 6.61 Å². The smallest absolute Gasteiger partial charge is 0.341 e. The number of benzene rings is 1. The Kier molecular flexibility index (Phi) is 4.75. The summed E-state index contributed by atoms with van der Waals surface area (Å²) in [6.07, 6.45) is 3.48. The van der Waals surface area contributed by atoms with Crippen LogP contribution in [0.3, 0.4) is 0 Å². The van der Waals surface area contributed by atoms with E-state index in [4.69, 9.17) is 10.00 Å². The second-order valence-corrected chi connectivity index (χ2v) is 4.70. The van der Waals surface area contributed by atoms with Crippen molar-refractivity contribution in [3.8, 4) is 6.07 Å². The lowest BCUT2D eigenvalue weighted by molar-refractivity contribution is 0.0467. The van der Waals surface area contributed by atoms with Crippen LogP contribution in [0.15, 0.2) is 47.6 Å². The molecule has 0 aliphatic rings. The van der Waals surface area contributed by atoms with Gasteiger partial charge in [0.1, 0.15) is 11.6 Å². The van der Waals surface area contributed by atoms with Gasteiger partial charge in [0.2, 0.25) is 0 Å². The van der Waals surface area contributed by atoms with Gasteiger partial charge in [0.05, 0.1) is 17.2 Å². The largest absolute Gasteiger partial charge is 0.457 e. The number of ether oxygens (including phenoxy) is 1. The molecule has 0 saturated carbocycles. The molecule has 2 rings (SSSR count). The first kappa shape index (κ1) is 14.1. The zero-order chi connectivity index (χ0) is 14.4. The van der Waals surface area contributed by atoms with Crippen molar-refractivity contribution in [1.29, 1.82) is 5.26 Å². The number of thioether (sulfide) groups is 1. The normalized spacial score (nSPS) is 9.80. The fourth-order valence-electron chi connectivity index (χ4n) is 1.69. The third kappa shape index (κ3) is 3.16. The van der Waals surface area contributed by atoms with E-state index in [1.807, 2.05) is 6.26 Å². The van der Waals surface area contributed by atoms with Crippen molar-refractivity contribution in [2.75, 3.05) is 6.26 Å². The highest BCUT2D eigenvalue weighted by Gasteiger charge is 2.13. The molecule has 0 fully saturated rings. The predicted molar refractivity (Wildman–Crippen MR) is 76.3 cm³/mol. The van der Waals surface area contributed by atoms with Crippen LogP contribution in [0.5, 0.6) is 0 Å². The van der Waals surface area contributed by atoms with Gasteiger partial charge in [-0.15, -0.1) is 11.8 Å². The molecule has 0 radical (unpaired) electrons. The van der Waals surface area contributed by atoms with E-state index in [2.05, 4.69) is 11.1 Å². The van der Waals surface area contributed by atoms with Crippen molar-refractivity contribution in [3.63, 3.8) is 0 Å². The molecule has 0 bridgehead atoms. The molecule has 0 atom stereocenters. The summed E-state index contributed by atoms with van der Waals surface area (Å²) in [5.74, 6) is -0.435. The summed E-state index contributed by atoms with van der Waals surface area (Å²) < 4.78 is 5.26. The molecule has 20 heavy (non-hydrogen) atoms. The second kappa shape index (κ2) is 6.73. The van der Waals surface area contributed by atoms with Crippen LogP contribution in [0.1, 0.15) is 21.5 Å². The summed E-state index contributed by atoms with van der Waals surface area (Å²) in [4.78, 5) is 16.2. The van der Waals surface area contributed by atoms with Crippen LogP contribution in [-0.4, -0.2) is 17.2 Å². The third-order valence-electron chi connectivity index (χ3n) is 2.68. The van der Waals surface area contributed by atoms with Crippen LogP contribution in [-0.2, 0) is 11.3 Å². The molecule has 100 valence electrons. The van der Waals surface area contributed by atoms with E-state index < -0.39 is 5.97 Å². The maximum absolute atomic E-state index is 12.0. The Hall–Kier alpha value is -2.32. The van der Waals surface area contributed by atoms with Crippen molar-refractivity contribution in [1.82, 2.24) is 4.98 Å². The maximum atomic E-state index is 12.0. The summed E-state index contributed by atoms with van der Waals surface area (Å²) in [5.41, 5.74) is 1.64. The van der Waals surface area contributed by atoms with Crippen molar-refractivity contribution in [3.05, 3.63) is 59.3 Å². The number of nitrogens with zero attached hydrogens (tertiary/aromatic N) is 2. The van der Waals surface area contributed by atoms with Crippen molar-refractivity contribution >= 4 is 17.7 Å². The second-order valence-electron chi connectivity index (χ2n) is 3.91. The Morgan fingerprint density at radius 3 is 2.90 bits per heavy atom. The summed E-state index contributed by atoms with van der Waals surface area (Å²) in [5, 5.41) is 9.61. The van der Waals surface area contributed by atoms with Gasteiger partial charge in [-0.3, -0.25) is 0 Å². The number of hydrogen-bond donors (Lipinski definition) is 0. The van der Waals surface area contributed by atoms with E-state index >= 15 is 0 Å². The monoisotopic (exact) mass is 284 g/mol. The first-order valence-electron chi connectivity index (χ1n) is 5.90. The molecule has 1 heterocycles. The molecular weight excluding hydrogens is 272 g/mol. The molecular formula is C15H12N2O2S. The van der Waals surface area contributed by atoms with E-state index in [1.54, 1.807) is 42.6 Å². The highest BCUT2D eigenvalue weighted by atomic mass is 32.2. The average molecular weight is 284 g/mol. The molecule has 1 aromatic carbocycles. The Morgan fingerprint density at radius 1 is 1.35 bits per heavy atom. The van der Waals surface area contributed by atoms with Gasteiger partial charge in [0, 0.05) is 11.8 Å². The van der Waals surface area contributed by atoms with E-state index in [1.165, 1.54) is 11.8 Å². The highest BCUT2D eigenvalue weighted by Crippen LogP contribution is 2.18. The van der Waals surface area contributed by atoms with Crippen molar-refractivity contribution in [2.45, 2.75) is 11.6 Å². The molecule has 5 heteroatoms. The standard InChI is InChI=1S/C15H12N2O2S/c1-20-14-13(7-4-8-17-14)15(18)19-10-12-6-3-2-5-11(12)9-16/h2-8H,10H2,1H3. The number of carbonyl (C=O) groups excluding carboxylic acids is 1. The highest BCUT2D eigenvalue weighted by molar-refractivity contribution is 7.98. The summed E-state index contributed by atoms with van der Waals surface area (Å²) in [6.45, 7) is 0.0747. The van der Waals surface area contributed by atoms with Gasteiger partial charge in [-0.1, -0.05) is 18.2 Å². The lowest BCUT2D eigenvalue weighted by Crippen LogP contribution is -2.08. The molecule has 0 spiro atoms. The number of pyridine rings is 1. The molecule has 0 aliphatic heterocycles. The minimum absolute atomic E-state index is 0.0747. The lowest BCUT2D eigenvalue weighted by Gasteiger charge is -2.08. The zero-order valence-electron chi connectivity index (χ0n) is 10.9. The van der Waals surface area contributed by atoms with E-state index in [9.17, 15) is 4.79 Å². The zero-order valence-corrected chi connectivity index (χ0v) is 11.7. The molecule has 0 saturated heterocycles. The van der Waals surface area contributed by atoms with Crippen LogP contribution in [0.25, 0.3) is 0 Å². The molecule has 4 nitrogen and oxygen atoms in total. The van der Waals surface area contributed by atoms with Gasteiger partial charge < -0.3 is 4.74 Å². The SMILES string of the molecule is CSc1ncccc1C(=O)OCc1ccccc1C#N. The number of nitriles is 1. The molecule has 0 N–H and O–H groups in total. The molecule has 1 aromatic heterocycles. The third-order valence-corrected chi connectivity index (χ3v) is 3.39. The predicted octanol–water partition coefficient (Wildman–Crippen LogP) is 3.03. The first-order valence-corrected chi connectivity index (χ1v) is 7.13. The lowest BCUT2D eigenvalue weighted by atomic mass is 10.1. The van der Waals surface area contributed by atoms with Crippen LogP contribution in [0, 0.1) is 11.3 Å². The number of carbonyl (C=O) groups is 1. The Morgan fingerprint density at radius 2 is 2.15 bits per heavy atom. The molecule has 0 aliphatic carbocycles. The van der Waals surface area contributed by atoms with Crippen molar-refractivity contribution < 1.29 is 9.53 Å². The summed E-state index contributed by atoms with van der Waals surface area (Å²) in [7, 11) is 0. The number of hydrogen-bond acceptors (Lipinski definition) is 5. The molecule has 0 amide bonds. The van der Waals surface area contributed by atoms with Gasteiger partial charge in [-0.25, -0.2) is 9.78 Å². The Balaban J connectivity index is 2.11. The van der Waals surface area contributed by atoms with Gasteiger partial charge in [-0.2, -0.15) is 5.26 Å². The fourth-order valence-corrected chi connectivity index (χ4v) is 2.22. The Labute approximate surface area is 121 Å². The molecule has 2 aromatic rings. The minimum Gasteiger partial charge on any atom is -0.457 e. The van der Waals surface area contributed by atoms with Crippen LogP contribution in [0.2, 0.25) is 0 Å². The topological polar surface area (TPSA) is 63.0 Å². The molecule has 0 unspecified atom stereocenters. The maximum Gasteiger partial charge on any atom is 0.341 e. The summed E-state index contributed by atoms with van der Waals surface area (Å²) in [6, 6.07) is 12.5. The first-order chi connectivity index (χ1) is 9.76. The van der Waals surface area contributed by atoms with Gasteiger partial charge >= 0.3 is 5.97 Å². The number of aromatic nitrogens is 1. The fraction of sp³-hybridized carbons (Fsp3) is 0.133. The number of esters is 1. The average Bonchev–Trinajstić information content (AvgIpc) is 2.52. The summed E-state index contributed by atoms with van der Waals surface area (Å²) >= 11 is 1.39. The quantitative estimate of drug-likeness (QED) is 0.638. The van der Waals surface area contributed by atoms with Crippen LogP contribution < -0.4 is 0 Å². The van der Waals surface area contributed by atoms with Gasteiger partial charge in [0.25, 0.3) is 0 Å². The number of rotatable bonds is 4. The Bertz CT molecular complexity index is 665.